The number of ether oxygens (including phenoxy) is 1. The number of hydrogen-bond donors (Lipinski definition) is 2. The van der Waals surface area contributed by atoms with E-state index in [2.05, 4.69) is 29.2 Å². The average molecular weight is 376 g/mol. The average Bonchev–Trinajstić information content (AvgIpc) is 2.77. The Morgan fingerprint density at radius 1 is 1.07 bits per heavy atom. The first kappa shape index (κ1) is 18.4. The van der Waals surface area contributed by atoms with Crippen LogP contribution in [-0.2, 0) is 11.4 Å². The van der Waals surface area contributed by atoms with Crippen LogP contribution in [0.1, 0.15) is 42.7 Å². The lowest BCUT2D eigenvalue weighted by atomic mass is 9.75. The van der Waals surface area contributed by atoms with Crippen LogP contribution in [0.4, 0.5) is 0 Å². The Hall–Kier alpha value is -2.92. The first-order valence-electron chi connectivity index (χ1n) is 9.75. The second kappa shape index (κ2) is 8.40. The number of hydroxylamine groups is 1. The lowest BCUT2D eigenvalue weighted by Crippen LogP contribution is -2.34. The standard InChI is InChI=1S/C23H24N2O3/c26-23(25-27)19-6-2-1-5-18(19)17-11-9-16(10-12-17)15-28-22-13-14-24-21-8-4-3-7-20(21)22/h3-4,7-14,18-19,27H,1-2,5-6,15H2,(H,25,26). The Morgan fingerprint density at radius 2 is 1.86 bits per heavy atom. The van der Waals surface area contributed by atoms with Gasteiger partial charge in [0.15, 0.2) is 0 Å². The maximum atomic E-state index is 12.0. The fourth-order valence-electron chi connectivity index (χ4n) is 4.14. The third kappa shape index (κ3) is 3.85. The minimum atomic E-state index is -0.276. The predicted octanol–water partition coefficient (Wildman–Crippen LogP) is 4.59. The van der Waals surface area contributed by atoms with E-state index in [0.717, 1.165) is 53.5 Å². The number of hydrogen-bond acceptors (Lipinski definition) is 4. The molecular formula is C23H24N2O3. The number of benzene rings is 2. The van der Waals surface area contributed by atoms with Crippen LogP contribution in [0.3, 0.4) is 0 Å². The van der Waals surface area contributed by atoms with Gasteiger partial charge in [-0.1, -0.05) is 49.2 Å². The van der Waals surface area contributed by atoms with Crippen LogP contribution in [0.15, 0.2) is 60.8 Å². The molecule has 1 fully saturated rings. The normalized spacial score (nSPS) is 19.3. The minimum absolute atomic E-state index is 0.153. The second-order valence-corrected chi connectivity index (χ2v) is 7.33. The Morgan fingerprint density at radius 3 is 2.68 bits per heavy atom. The summed E-state index contributed by atoms with van der Waals surface area (Å²) in [6, 6.07) is 18.1. The summed E-state index contributed by atoms with van der Waals surface area (Å²) in [4.78, 5) is 16.4. The largest absolute Gasteiger partial charge is 0.488 e. The van der Waals surface area contributed by atoms with Gasteiger partial charge in [0, 0.05) is 17.5 Å². The summed E-state index contributed by atoms with van der Waals surface area (Å²) >= 11 is 0. The maximum absolute atomic E-state index is 12.0. The molecule has 3 aromatic rings. The minimum Gasteiger partial charge on any atom is -0.488 e. The monoisotopic (exact) mass is 376 g/mol. The van der Waals surface area contributed by atoms with Gasteiger partial charge in [-0.05, 0) is 48.1 Å². The summed E-state index contributed by atoms with van der Waals surface area (Å²) in [6.45, 7) is 0.472. The molecule has 144 valence electrons. The number of nitrogens with zero attached hydrogens (tertiary/aromatic N) is 1. The fraction of sp³-hybridized carbons (Fsp3) is 0.304. The molecule has 0 radical (unpaired) electrons. The molecule has 4 rings (SSSR count). The third-order valence-electron chi connectivity index (χ3n) is 5.62. The number of fused-ring (bicyclic) bond motifs is 1. The number of amides is 1. The zero-order chi connectivity index (χ0) is 19.3. The molecule has 2 unspecified atom stereocenters. The van der Waals surface area contributed by atoms with Gasteiger partial charge < -0.3 is 4.74 Å². The van der Waals surface area contributed by atoms with Crippen molar-refractivity contribution in [2.24, 2.45) is 5.92 Å². The summed E-state index contributed by atoms with van der Waals surface area (Å²) in [6.07, 6.45) is 5.68. The maximum Gasteiger partial charge on any atom is 0.247 e. The van der Waals surface area contributed by atoms with Gasteiger partial charge in [-0.15, -0.1) is 0 Å². The summed E-state index contributed by atoms with van der Waals surface area (Å²) in [7, 11) is 0. The zero-order valence-electron chi connectivity index (χ0n) is 15.7. The van der Waals surface area contributed by atoms with Gasteiger partial charge in [-0.25, -0.2) is 5.48 Å². The SMILES string of the molecule is O=C(NO)C1CCCCC1c1ccc(COc2ccnc3ccccc23)cc1. The topological polar surface area (TPSA) is 71.5 Å². The van der Waals surface area contributed by atoms with Gasteiger partial charge in [0.1, 0.15) is 12.4 Å². The van der Waals surface area contributed by atoms with Crippen LogP contribution in [-0.4, -0.2) is 16.1 Å². The lowest BCUT2D eigenvalue weighted by molar-refractivity contribution is -0.135. The molecule has 1 heterocycles. The molecule has 1 saturated carbocycles. The van der Waals surface area contributed by atoms with Crippen LogP contribution in [0.5, 0.6) is 5.75 Å². The van der Waals surface area contributed by atoms with Crippen molar-refractivity contribution in [3.05, 3.63) is 71.9 Å². The van der Waals surface area contributed by atoms with Gasteiger partial charge >= 0.3 is 0 Å². The van der Waals surface area contributed by atoms with Crippen molar-refractivity contribution >= 4 is 16.8 Å². The van der Waals surface area contributed by atoms with E-state index in [0.29, 0.717) is 6.61 Å². The molecule has 2 N–H and O–H groups in total. The molecular weight excluding hydrogens is 352 g/mol. The van der Waals surface area contributed by atoms with Crippen molar-refractivity contribution < 1.29 is 14.7 Å². The molecule has 0 spiro atoms. The van der Waals surface area contributed by atoms with Crippen LogP contribution in [0.25, 0.3) is 10.9 Å². The van der Waals surface area contributed by atoms with E-state index in [4.69, 9.17) is 9.94 Å². The highest BCUT2D eigenvalue weighted by Gasteiger charge is 2.31. The zero-order valence-corrected chi connectivity index (χ0v) is 15.7. The highest BCUT2D eigenvalue weighted by molar-refractivity contribution is 5.84. The van der Waals surface area contributed by atoms with Crippen molar-refractivity contribution in [2.75, 3.05) is 0 Å². The van der Waals surface area contributed by atoms with E-state index in [-0.39, 0.29) is 17.7 Å². The Labute approximate surface area is 164 Å². The summed E-state index contributed by atoms with van der Waals surface area (Å²) in [5.74, 6) is 0.535. The molecule has 5 nitrogen and oxygen atoms in total. The van der Waals surface area contributed by atoms with E-state index in [1.165, 1.54) is 0 Å². The van der Waals surface area contributed by atoms with Crippen LogP contribution in [0.2, 0.25) is 0 Å². The number of para-hydroxylation sites is 1. The molecule has 0 bridgehead atoms. The number of carbonyl (C=O) groups is 1. The van der Waals surface area contributed by atoms with Gasteiger partial charge in [0.25, 0.3) is 0 Å². The number of carbonyl (C=O) groups excluding carboxylic acids is 1. The van der Waals surface area contributed by atoms with Crippen molar-refractivity contribution in [1.29, 1.82) is 0 Å². The van der Waals surface area contributed by atoms with E-state index >= 15 is 0 Å². The third-order valence-corrected chi connectivity index (χ3v) is 5.62. The molecule has 2 atom stereocenters. The summed E-state index contributed by atoms with van der Waals surface area (Å²) in [5.41, 5.74) is 4.97. The molecule has 1 aromatic heterocycles. The molecule has 28 heavy (non-hydrogen) atoms. The van der Waals surface area contributed by atoms with Crippen LogP contribution >= 0.6 is 0 Å². The number of pyridine rings is 1. The number of nitrogens with one attached hydrogen (secondary N) is 1. The highest BCUT2D eigenvalue weighted by atomic mass is 16.5. The van der Waals surface area contributed by atoms with E-state index in [1.54, 1.807) is 6.20 Å². The van der Waals surface area contributed by atoms with Gasteiger partial charge in [-0.2, -0.15) is 0 Å². The van der Waals surface area contributed by atoms with Gasteiger partial charge in [0.05, 0.1) is 5.52 Å². The fourth-order valence-corrected chi connectivity index (χ4v) is 4.14. The summed E-state index contributed by atoms with van der Waals surface area (Å²) in [5, 5.41) is 10.0. The molecule has 2 aromatic carbocycles. The highest BCUT2D eigenvalue weighted by Crippen LogP contribution is 2.38. The van der Waals surface area contributed by atoms with Crippen molar-refractivity contribution in [2.45, 2.75) is 38.2 Å². The quantitative estimate of drug-likeness (QED) is 0.504. The molecule has 1 aliphatic carbocycles. The van der Waals surface area contributed by atoms with Crippen LogP contribution in [0, 0.1) is 5.92 Å². The molecule has 1 aliphatic rings. The smallest absolute Gasteiger partial charge is 0.247 e. The second-order valence-electron chi connectivity index (χ2n) is 7.33. The van der Waals surface area contributed by atoms with E-state index in [9.17, 15) is 4.79 Å². The Balaban J connectivity index is 1.46. The molecule has 5 heteroatoms. The number of aromatic nitrogens is 1. The molecule has 0 aliphatic heterocycles. The first-order valence-corrected chi connectivity index (χ1v) is 9.75. The van der Waals surface area contributed by atoms with Crippen molar-refractivity contribution in [3.63, 3.8) is 0 Å². The van der Waals surface area contributed by atoms with Crippen molar-refractivity contribution in [1.82, 2.24) is 10.5 Å². The van der Waals surface area contributed by atoms with E-state index < -0.39 is 0 Å². The molecule has 0 saturated heterocycles. The van der Waals surface area contributed by atoms with Crippen LogP contribution < -0.4 is 10.2 Å². The Kier molecular flexibility index (Phi) is 5.53. The lowest BCUT2D eigenvalue weighted by Gasteiger charge is -2.30. The Bertz CT molecular complexity index is 950. The summed E-state index contributed by atoms with van der Waals surface area (Å²) < 4.78 is 6.03. The molecule has 1 amide bonds. The van der Waals surface area contributed by atoms with Crippen molar-refractivity contribution in [3.8, 4) is 5.75 Å². The predicted molar refractivity (Wildman–Crippen MR) is 107 cm³/mol. The first-order chi connectivity index (χ1) is 13.8. The van der Waals surface area contributed by atoms with Gasteiger partial charge in [-0.3, -0.25) is 15.0 Å². The van der Waals surface area contributed by atoms with Gasteiger partial charge in [0.2, 0.25) is 5.91 Å². The van der Waals surface area contributed by atoms with E-state index in [1.807, 2.05) is 35.8 Å². The number of rotatable bonds is 5.